The number of hydrogen-bond donors (Lipinski definition) is 3. The molecule has 2 atom stereocenters. The van der Waals surface area contributed by atoms with Gasteiger partial charge in [0.05, 0.1) is 6.04 Å². The fraction of sp³-hybridized carbons (Fsp3) is 0.923. The van der Waals surface area contributed by atoms with E-state index in [9.17, 15) is 4.79 Å². The summed E-state index contributed by atoms with van der Waals surface area (Å²) < 4.78 is 0. The molecule has 0 saturated carbocycles. The van der Waals surface area contributed by atoms with Gasteiger partial charge in [-0.15, -0.1) is 12.4 Å². The minimum absolute atomic E-state index is 0. The van der Waals surface area contributed by atoms with Crippen LogP contribution >= 0.6 is 12.4 Å². The molecule has 4 nitrogen and oxygen atoms in total. The molecule has 0 fully saturated rings. The molecular weight excluding hydrogens is 252 g/mol. The van der Waals surface area contributed by atoms with Crippen LogP contribution in [0.25, 0.3) is 0 Å². The molecular formula is C13H29ClN2O2. The molecule has 2 unspecified atom stereocenters. The Hall–Kier alpha value is -0.320. The van der Waals surface area contributed by atoms with Gasteiger partial charge in [-0.05, 0) is 24.2 Å². The molecule has 0 aromatic carbocycles. The van der Waals surface area contributed by atoms with Gasteiger partial charge in [-0.3, -0.25) is 4.79 Å². The first-order chi connectivity index (χ1) is 7.84. The maximum absolute atomic E-state index is 11.8. The summed E-state index contributed by atoms with van der Waals surface area (Å²) in [5.41, 5.74) is 5.86. The summed E-state index contributed by atoms with van der Waals surface area (Å²) >= 11 is 0. The van der Waals surface area contributed by atoms with Crippen LogP contribution in [0, 0.1) is 11.3 Å². The summed E-state index contributed by atoms with van der Waals surface area (Å²) in [5, 5.41) is 11.7. The van der Waals surface area contributed by atoms with Crippen LogP contribution in [-0.4, -0.2) is 30.2 Å². The molecule has 0 bridgehead atoms. The first-order valence-corrected chi connectivity index (χ1v) is 6.48. The highest BCUT2D eigenvalue weighted by Gasteiger charge is 2.23. The molecule has 18 heavy (non-hydrogen) atoms. The average Bonchev–Trinajstić information content (AvgIpc) is 2.31. The number of aliphatic hydroxyl groups excluding tert-OH is 1. The molecule has 0 radical (unpaired) electrons. The predicted molar refractivity (Wildman–Crippen MR) is 77.8 cm³/mol. The topological polar surface area (TPSA) is 75.4 Å². The molecule has 5 heteroatoms. The van der Waals surface area contributed by atoms with E-state index in [0.29, 0.717) is 6.54 Å². The van der Waals surface area contributed by atoms with E-state index < -0.39 is 6.04 Å². The van der Waals surface area contributed by atoms with Gasteiger partial charge < -0.3 is 16.2 Å². The Morgan fingerprint density at radius 3 is 2.44 bits per heavy atom. The second-order valence-corrected chi connectivity index (χ2v) is 5.62. The number of rotatable bonds is 8. The lowest BCUT2D eigenvalue weighted by Crippen LogP contribution is -2.47. The Balaban J connectivity index is 0. The van der Waals surface area contributed by atoms with Crippen molar-refractivity contribution in [1.82, 2.24) is 5.32 Å². The standard InChI is InChI=1S/C13H28N2O2.ClH/c1-5-10(2)11(14)12(17)15-9-13(3,4)7-6-8-16;/h10-11,16H,5-9,14H2,1-4H3,(H,15,17);1H. The zero-order valence-electron chi connectivity index (χ0n) is 12.0. The highest BCUT2D eigenvalue weighted by atomic mass is 35.5. The maximum Gasteiger partial charge on any atom is 0.237 e. The third-order valence-corrected chi connectivity index (χ3v) is 3.31. The van der Waals surface area contributed by atoms with Gasteiger partial charge in [-0.2, -0.15) is 0 Å². The van der Waals surface area contributed by atoms with Gasteiger partial charge in [0.25, 0.3) is 0 Å². The van der Waals surface area contributed by atoms with Crippen LogP contribution in [0.5, 0.6) is 0 Å². The first kappa shape index (κ1) is 20.0. The van der Waals surface area contributed by atoms with Crippen molar-refractivity contribution in [3.05, 3.63) is 0 Å². The Bertz CT molecular complexity index is 235. The Morgan fingerprint density at radius 2 is 2.00 bits per heavy atom. The van der Waals surface area contributed by atoms with Crippen molar-refractivity contribution in [1.29, 1.82) is 0 Å². The molecule has 0 heterocycles. The van der Waals surface area contributed by atoms with Crippen molar-refractivity contribution < 1.29 is 9.90 Å². The zero-order valence-corrected chi connectivity index (χ0v) is 12.8. The molecule has 0 spiro atoms. The smallest absolute Gasteiger partial charge is 0.237 e. The van der Waals surface area contributed by atoms with Gasteiger partial charge in [-0.25, -0.2) is 0 Å². The number of hydrogen-bond acceptors (Lipinski definition) is 3. The van der Waals surface area contributed by atoms with Crippen LogP contribution in [0.2, 0.25) is 0 Å². The molecule has 0 aliphatic carbocycles. The molecule has 0 saturated heterocycles. The van der Waals surface area contributed by atoms with Crippen molar-refractivity contribution >= 4 is 18.3 Å². The van der Waals surface area contributed by atoms with Crippen molar-refractivity contribution in [2.24, 2.45) is 17.1 Å². The zero-order chi connectivity index (χ0) is 13.5. The molecule has 0 aliphatic heterocycles. The van der Waals surface area contributed by atoms with E-state index in [1.54, 1.807) is 0 Å². The number of carbonyl (C=O) groups excluding carboxylic acids is 1. The molecule has 0 aromatic heterocycles. The molecule has 0 rings (SSSR count). The summed E-state index contributed by atoms with van der Waals surface area (Å²) in [5.74, 6) is 0.131. The summed E-state index contributed by atoms with van der Waals surface area (Å²) in [6.07, 6.45) is 2.56. The number of amides is 1. The number of nitrogens with one attached hydrogen (secondary N) is 1. The van der Waals surface area contributed by atoms with Crippen molar-refractivity contribution in [3.8, 4) is 0 Å². The van der Waals surface area contributed by atoms with Crippen LogP contribution in [0.1, 0.15) is 47.0 Å². The molecule has 0 aliphatic rings. The number of halogens is 1. The van der Waals surface area contributed by atoms with E-state index in [1.165, 1.54) is 0 Å². The lowest BCUT2D eigenvalue weighted by Gasteiger charge is -2.26. The third kappa shape index (κ3) is 7.90. The Morgan fingerprint density at radius 1 is 1.44 bits per heavy atom. The van der Waals surface area contributed by atoms with Crippen LogP contribution in [0.4, 0.5) is 0 Å². The van der Waals surface area contributed by atoms with Crippen LogP contribution in [0.15, 0.2) is 0 Å². The summed E-state index contributed by atoms with van der Waals surface area (Å²) in [7, 11) is 0. The number of carbonyl (C=O) groups is 1. The van der Waals surface area contributed by atoms with Crippen molar-refractivity contribution in [3.63, 3.8) is 0 Å². The summed E-state index contributed by atoms with van der Waals surface area (Å²) in [4.78, 5) is 11.8. The van der Waals surface area contributed by atoms with Crippen molar-refractivity contribution in [2.45, 2.75) is 53.0 Å². The maximum atomic E-state index is 11.8. The highest BCUT2D eigenvalue weighted by Crippen LogP contribution is 2.20. The van der Waals surface area contributed by atoms with Crippen LogP contribution in [-0.2, 0) is 4.79 Å². The van der Waals surface area contributed by atoms with Gasteiger partial charge in [0, 0.05) is 13.2 Å². The van der Waals surface area contributed by atoms with E-state index in [4.69, 9.17) is 10.8 Å². The summed E-state index contributed by atoms with van der Waals surface area (Å²) in [6, 6.07) is -0.423. The lowest BCUT2D eigenvalue weighted by molar-refractivity contribution is -0.123. The molecule has 4 N–H and O–H groups in total. The van der Waals surface area contributed by atoms with E-state index in [0.717, 1.165) is 19.3 Å². The van der Waals surface area contributed by atoms with E-state index in [1.807, 2.05) is 13.8 Å². The molecule has 110 valence electrons. The minimum atomic E-state index is -0.423. The third-order valence-electron chi connectivity index (χ3n) is 3.31. The van der Waals surface area contributed by atoms with Gasteiger partial charge in [0.15, 0.2) is 0 Å². The quantitative estimate of drug-likeness (QED) is 0.633. The number of aliphatic hydroxyl groups is 1. The summed E-state index contributed by atoms with van der Waals surface area (Å²) in [6.45, 7) is 8.99. The van der Waals surface area contributed by atoms with E-state index in [2.05, 4.69) is 19.2 Å². The second kappa shape index (κ2) is 9.59. The van der Waals surface area contributed by atoms with E-state index in [-0.39, 0.29) is 36.3 Å². The molecule has 1 amide bonds. The normalized spacial score (nSPS) is 14.6. The fourth-order valence-electron chi connectivity index (χ4n) is 1.60. The largest absolute Gasteiger partial charge is 0.396 e. The monoisotopic (exact) mass is 280 g/mol. The SMILES string of the molecule is CCC(C)C(N)C(=O)NCC(C)(C)CCCO.Cl. The Kier molecular flexibility index (Phi) is 10.7. The van der Waals surface area contributed by atoms with Crippen LogP contribution in [0.3, 0.4) is 0 Å². The minimum Gasteiger partial charge on any atom is -0.396 e. The Labute approximate surface area is 117 Å². The van der Waals surface area contributed by atoms with Gasteiger partial charge in [0.1, 0.15) is 0 Å². The number of nitrogens with two attached hydrogens (primary N) is 1. The van der Waals surface area contributed by atoms with Crippen molar-refractivity contribution in [2.75, 3.05) is 13.2 Å². The fourth-order valence-corrected chi connectivity index (χ4v) is 1.60. The van der Waals surface area contributed by atoms with Gasteiger partial charge >= 0.3 is 0 Å². The predicted octanol–water partition coefficient (Wildman–Crippen LogP) is 1.70. The second-order valence-electron chi connectivity index (χ2n) is 5.62. The highest BCUT2D eigenvalue weighted by molar-refractivity contribution is 5.85. The lowest BCUT2D eigenvalue weighted by atomic mass is 9.87. The first-order valence-electron chi connectivity index (χ1n) is 6.48. The average molecular weight is 281 g/mol. The van der Waals surface area contributed by atoms with Gasteiger partial charge in [0.2, 0.25) is 5.91 Å². The van der Waals surface area contributed by atoms with E-state index >= 15 is 0 Å². The van der Waals surface area contributed by atoms with Gasteiger partial charge in [-0.1, -0.05) is 34.1 Å². The molecule has 0 aromatic rings. The van der Waals surface area contributed by atoms with Crippen LogP contribution < -0.4 is 11.1 Å².